The Balaban J connectivity index is 1.93. The van der Waals surface area contributed by atoms with Gasteiger partial charge in [-0.25, -0.2) is 0 Å². The number of nitriles is 1. The van der Waals surface area contributed by atoms with E-state index in [4.69, 9.17) is 11.6 Å². The second-order valence-corrected chi connectivity index (χ2v) is 7.63. The number of nitrogens with zero attached hydrogens (tertiary/aromatic N) is 1. The predicted molar refractivity (Wildman–Crippen MR) is 111 cm³/mol. The SMILES string of the molecule is N#C/C(=C/NC1CCCCCCCCCCC1)C(=O)Nc1ccccc1Cl. The van der Waals surface area contributed by atoms with Gasteiger partial charge in [0.25, 0.3) is 5.91 Å². The smallest absolute Gasteiger partial charge is 0.267 e. The first-order chi connectivity index (χ1) is 13.2. The van der Waals surface area contributed by atoms with E-state index in [1.54, 1.807) is 30.5 Å². The van der Waals surface area contributed by atoms with Crippen molar-refractivity contribution in [2.45, 2.75) is 76.7 Å². The van der Waals surface area contributed by atoms with Gasteiger partial charge in [0.1, 0.15) is 11.6 Å². The van der Waals surface area contributed by atoms with Gasteiger partial charge in [0, 0.05) is 12.2 Å². The van der Waals surface area contributed by atoms with Gasteiger partial charge in [0.15, 0.2) is 0 Å². The highest BCUT2D eigenvalue weighted by molar-refractivity contribution is 6.33. The molecule has 0 heterocycles. The molecule has 1 amide bonds. The lowest BCUT2D eigenvalue weighted by Crippen LogP contribution is -2.26. The second-order valence-electron chi connectivity index (χ2n) is 7.23. The van der Waals surface area contributed by atoms with Gasteiger partial charge in [0.05, 0.1) is 10.7 Å². The van der Waals surface area contributed by atoms with Crippen molar-refractivity contribution in [3.8, 4) is 6.07 Å². The van der Waals surface area contributed by atoms with Crippen LogP contribution in [0.3, 0.4) is 0 Å². The lowest BCUT2D eigenvalue weighted by Gasteiger charge is -2.18. The molecule has 0 spiro atoms. The van der Waals surface area contributed by atoms with Gasteiger partial charge in [-0.05, 0) is 25.0 Å². The van der Waals surface area contributed by atoms with Crippen molar-refractivity contribution in [3.63, 3.8) is 0 Å². The van der Waals surface area contributed by atoms with Gasteiger partial charge in [-0.2, -0.15) is 5.26 Å². The summed E-state index contributed by atoms with van der Waals surface area (Å²) in [5.74, 6) is -0.439. The molecule has 4 nitrogen and oxygen atoms in total. The van der Waals surface area contributed by atoms with Crippen molar-refractivity contribution >= 4 is 23.2 Å². The van der Waals surface area contributed by atoms with E-state index in [0.29, 0.717) is 16.8 Å². The minimum Gasteiger partial charge on any atom is -0.387 e. The number of amides is 1. The molecule has 1 aromatic rings. The third-order valence-corrected chi connectivity index (χ3v) is 5.39. The summed E-state index contributed by atoms with van der Waals surface area (Å²) >= 11 is 6.07. The maximum absolute atomic E-state index is 12.4. The molecule has 1 aromatic carbocycles. The number of para-hydroxylation sites is 1. The molecular formula is C22H30ClN3O. The van der Waals surface area contributed by atoms with E-state index in [1.807, 2.05) is 6.07 Å². The third kappa shape index (κ3) is 8.05. The molecule has 0 unspecified atom stereocenters. The maximum Gasteiger partial charge on any atom is 0.267 e. The summed E-state index contributed by atoms with van der Waals surface area (Å²) in [5, 5.41) is 15.9. The number of hydrogen-bond acceptors (Lipinski definition) is 3. The minimum atomic E-state index is -0.439. The van der Waals surface area contributed by atoms with Gasteiger partial charge in [-0.15, -0.1) is 0 Å². The highest BCUT2D eigenvalue weighted by Gasteiger charge is 2.13. The number of anilines is 1. The summed E-state index contributed by atoms with van der Waals surface area (Å²) in [6, 6.07) is 9.32. The molecule has 1 aliphatic carbocycles. The predicted octanol–water partition coefficient (Wildman–Crippen LogP) is 5.95. The Hall–Kier alpha value is -1.99. The Labute approximate surface area is 168 Å². The highest BCUT2D eigenvalue weighted by Crippen LogP contribution is 2.21. The number of rotatable bonds is 4. The first kappa shape index (κ1) is 21.3. The van der Waals surface area contributed by atoms with Gasteiger partial charge in [-0.1, -0.05) is 81.5 Å². The summed E-state index contributed by atoms with van der Waals surface area (Å²) < 4.78 is 0. The van der Waals surface area contributed by atoms with Crippen molar-refractivity contribution in [2.75, 3.05) is 5.32 Å². The molecule has 146 valence electrons. The van der Waals surface area contributed by atoms with Crippen molar-refractivity contribution in [1.29, 1.82) is 5.26 Å². The fraction of sp³-hybridized carbons (Fsp3) is 0.545. The number of benzene rings is 1. The van der Waals surface area contributed by atoms with Gasteiger partial charge in [0.2, 0.25) is 0 Å². The van der Waals surface area contributed by atoms with E-state index < -0.39 is 5.91 Å². The summed E-state index contributed by atoms with van der Waals surface area (Å²) in [6.07, 6.45) is 15.3. The van der Waals surface area contributed by atoms with Crippen LogP contribution in [0, 0.1) is 11.3 Å². The third-order valence-electron chi connectivity index (χ3n) is 5.06. The molecule has 27 heavy (non-hydrogen) atoms. The van der Waals surface area contributed by atoms with E-state index in [9.17, 15) is 10.1 Å². The van der Waals surface area contributed by atoms with E-state index in [1.165, 1.54) is 57.8 Å². The lowest BCUT2D eigenvalue weighted by atomic mass is 9.98. The molecule has 2 rings (SSSR count). The van der Waals surface area contributed by atoms with Gasteiger partial charge in [-0.3, -0.25) is 4.79 Å². The highest BCUT2D eigenvalue weighted by atomic mass is 35.5. The quantitative estimate of drug-likeness (QED) is 0.495. The number of hydrogen-bond donors (Lipinski definition) is 2. The van der Waals surface area contributed by atoms with Crippen LogP contribution in [0.1, 0.15) is 70.6 Å². The lowest BCUT2D eigenvalue weighted by molar-refractivity contribution is -0.112. The zero-order valence-electron chi connectivity index (χ0n) is 16.0. The monoisotopic (exact) mass is 387 g/mol. The molecule has 1 fully saturated rings. The standard InChI is InChI=1S/C22H30ClN3O/c23-20-14-10-11-15-21(20)26-22(27)18(16-24)17-25-19-12-8-6-4-2-1-3-5-7-9-13-19/h10-11,14-15,17,19,25H,1-9,12-13H2,(H,26,27)/b18-17-. The Kier molecular flexibility index (Phi) is 9.79. The van der Waals surface area contributed by atoms with Gasteiger partial charge < -0.3 is 10.6 Å². The minimum absolute atomic E-state index is 0.0704. The van der Waals surface area contributed by atoms with Crippen molar-refractivity contribution < 1.29 is 4.79 Å². The van der Waals surface area contributed by atoms with Crippen molar-refractivity contribution in [1.82, 2.24) is 5.32 Å². The van der Waals surface area contributed by atoms with Crippen LogP contribution >= 0.6 is 11.6 Å². The fourth-order valence-corrected chi connectivity index (χ4v) is 3.61. The first-order valence-electron chi connectivity index (χ1n) is 10.1. The molecule has 1 saturated carbocycles. The molecular weight excluding hydrogens is 358 g/mol. The number of nitrogens with one attached hydrogen (secondary N) is 2. The summed E-state index contributed by atoms with van der Waals surface area (Å²) in [4.78, 5) is 12.4. The maximum atomic E-state index is 12.4. The summed E-state index contributed by atoms with van der Waals surface area (Å²) in [7, 11) is 0. The zero-order valence-corrected chi connectivity index (χ0v) is 16.7. The number of carbonyl (C=O) groups is 1. The topological polar surface area (TPSA) is 64.9 Å². The molecule has 2 N–H and O–H groups in total. The van der Waals surface area contributed by atoms with Crippen LogP contribution < -0.4 is 10.6 Å². The molecule has 0 bridgehead atoms. The van der Waals surface area contributed by atoms with Crippen LogP contribution in [0.5, 0.6) is 0 Å². The molecule has 0 aromatic heterocycles. The average Bonchev–Trinajstić information content (AvgIpc) is 2.66. The largest absolute Gasteiger partial charge is 0.387 e. The molecule has 0 aliphatic heterocycles. The molecule has 0 saturated heterocycles. The normalized spacial score (nSPS) is 17.9. The molecule has 1 aliphatic rings. The summed E-state index contributed by atoms with van der Waals surface area (Å²) in [5.41, 5.74) is 0.581. The van der Waals surface area contributed by atoms with E-state index in [-0.39, 0.29) is 5.57 Å². The van der Waals surface area contributed by atoms with Crippen LogP contribution in [-0.2, 0) is 4.79 Å². The second kappa shape index (κ2) is 12.4. The van der Waals surface area contributed by atoms with E-state index in [0.717, 1.165) is 12.8 Å². The molecule has 0 atom stereocenters. The Bertz CT molecular complexity index is 654. The summed E-state index contributed by atoms with van der Waals surface area (Å²) in [6.45, 7) is 0. The van der Waals surface area contributed by atoms with Crippen LogP contribution in [0.4, 0.5) is 5.69 Å². The number of carbonyl (C=O) groups excluding carboxylic acids is 1. The first-order valence-corrected chi connectivity index (χ1v) is 10.5. The Morgan fingerprint density at radius 3 is 2.11 bits per heavy atom. The Morgan fingerprint density at radius 1 is 1.00 bits per heavy atom. The average molecular weight is 388 g/mol. The van der Waals surface area contributed by atoms with Crippen LogP contribution in [0.2, 0.25) is 5.02 Å². The van der Waals surface area contributed by atoms with Crippen LogP contribution in [-0.4, -0.2) is 11.9 Å². The molecule has 0 radical (unpaired) electrons. The zero-order chi connectivity index (χ0) is 19.3. The van der Waals surface area contributed by atoms with E-state index in [2.05, 4.69) is 10.6 Å². The van der Waals surface area contributed by atoms with Crippen molar-refractivity contribution in [2.24, 2.45) is 0 Å². The number of halogens is 1. The van der Waals surface area contributed by atoms with Crippen LogP contribution in [0.25, 0.3) is 0 Å². The van der Waals surface area contributed by atoms with Gasteiger partial charge >= 0.3 is 0 Å². The van der Waals surface area contributed by atoms with E-state index >= 15 is 0 Å². The van der Waals surface area contributed by atoms with Crippen LogP contribution in [0.15, 0.2) is 36.0 Å². The fourth-order valence-electron chi connectivity index (χ4n) is 3.43. The Morgan fingerprint density at radius 2 is 1.56 bits per heavy atom. The van der Waals surface area contributed by atoms with Crippen molar-refractivity contribution in [3.05, 3.63) is 41.1 Å². The molecule has 5 heteroatoms.